The lowest BCUT2D eigenvalue weighted by Gasteiger charge is -1.94. The molecule has 0 fully saturated rings. The van der Waals surface area contributed by atoms with Gasteiger partial charge in [0.2, 0.25) is 5.91 Å². The van der Waals surface area contributed by atoms with Crippen molar-refractivity contribution in [3.8, 4) is 0 Å². The second-order valence-corrected chi connectivity index (χ2v) is 4.54. The van der Waals surface area contributed by atoms with Crippen molar-refractivity contribution < 1.29 is 4.79 Å². The summed E-state index contributed by atoms with van der Waals surface area (Å²) in [5.74, 6) is -0.108. The minimum atomic E-state index is -0.131. The molecule has 60 valence electrons. The number of rotatable bonds is 6. The van der Waals surface area contributed by atoms with E-state index in [0.29, 0.717) is 6.04 Å². The number of nitrogens with two attached hydrogens (primary N) is 1. The van der Waals surface area contributed by atoms with E-state index in [4.69, 9.17) is 5.73 Å². The van der Waals surface area contributed by atoms with Gasteiger partial charge in [0.05, 0.1) is 0 Å². The normalized spacial score (nSPS) is 10.9. The summed E-state index contributed by atoms with van der Waals surface area (Å²) in [6, 6.07) is 1.99. The van der Waals surface area contributed by atoms with Crippen molar-refractivity contribution in [2.45, 2.75) is 38.3 Å². The van der Waals surface area contributed by atoms with Gasteiger partial charge in [-0.2, -0.15) is 0 Å². The van der Waals surface area contributed by atoms with Gasteiger partial charge in [-0.15, -0.1) is 0 Å². The Morgan fingerprint density at radius 1 is 1.50 bits per heavy atom. The van der Waals surface area contributed by atoms with Gasteiger partial charge in [0.15, 0.2) is 0 Å². The van der Waals surface area contributed by atoms with E-state index in [1.54, 1.807) is 0 Å². The summed E-state index contributed by atoms with van der Waals surface area (Å²) in [7, 11) is -0.131. The van der Waals surface area contributed by atoms with Crippen LogP contribution in [0.25, 0.3) is 0 Å². The van der Waals surface area contributed by atoms with Crippen LogP contribution >= 0.6 is 0 Å². The van der Waals surface area contributed by atoms with Gasteiger partial charge in [-0.1, -0.05) is 32.2 Å². The molecule has 2 N–H and O–H groups in total. The maximum atomic E-state index is 10.3. The molecule has 10 heavy (non-hydrogen) atoms. The molecule has 0 heterocycles. The zero-order valence-corrected chi connectivity index (χ0v) is 8.14. The molecule has 0 aromatic carbocycles. The minimum absolute atomic E-state index is 0.108. The van der Waals surface area contributed by atoms with E-state index in [0.717, 1.165) is 0 Å². The highest BCUT2D eigenvalue weighted by Gasteiger charge is 1.93. The molecule has 0 saturated heterocycles. The van der Waals surface area contributed by atoms with Crippen LogP contribution in [0.5, 0.6) is 0 Å². The second kappa shape index (κ2) is 6.80. The van der Waals surface area contributed by atoms with E-state index in [1.165, 1.54) is 25.3 Å². The first kappa shape index (κ1) is 9.69. The third kappa shape index (κ3) is 7.69. The van der Waals surface area contributed by atoms with Gasteiger partial charge >= 0.3 is 0 Å². The zero-order chi connectivity index (χ0) is 7.82. The molecule has 0 aromatic rings. The highest BCUT2D eigenvalue weighted by atomic mass is 28.2. The third-order valence-corrected chi connectivity index (χ3v) is 3.37. The first-order chi connectivity index (χ1) is 4.77. The predicted octanol–water partition coefficient (Wildman–Crippen LogP) is 0.667. The summed E-state index contributed by atoms with van der Waals surface area (Å²) in [4.78, 5) is 10.3. The first-order valence-electron chi connectivity index (χ1n) is 4.05. The van der Waals surface area contributed by atoms with Gasteiger partial charge < -0.3 is 5.73 Å². The molecule has 0 spiro atoms. The van der Waals surface area contributed by atoms with E-state index in [9.17, 15) is 4.79 Å². The lowest BCUT2D eigenvalue weighted by atomic mass is 10.3. The molecule has 0 radical (unpaired) electrons. The summed E-state index contributed by atoms with van der Waals surface area (Å²) in [6.45, 7) is 2.19. The summed E-state index contributed by atoms with van der Waals surface area (Å²) in [6.07, 6.45) is 3.88. The van der Waals surface area contributed by atoms with Gasteiger partial charge in [-0.3, -0.25) is 4.79 Å². The SMILES string of the molecule is CCCCC[SiH2]CC(N)=O. The second-order valence-electron chi connectivity index (χ2n) is 2.63. The topological polar surface area (TPSA) is 43.1 Å². The molecule has 0 bridgehead atoms. The van der Waals surface area contributed by atoms with Crippen molar-refractivity contribution in [3.05, 3.63) is 0 Å². The highest BCUT2D eigenvalue weighted by molar-refractivity contribution is 6.41. The Kier molecular flexibility index (Phi) is 6.59. The van der Waals surface area contributed by atoms with Crippen LogP contribution in [-0.4, -0.2) is 15.4 Å². The van der Waals surface area contributed by atoms with Gasteiger partial charge in [0.1, 0.15) is 0 Å². The lowest BCUT2D eigenvalue weighted by Crippen LogP contribution is -2.12. The monoisotopic (exact) mass is 159 g/mol. The number of primary amides is 1. The van der Waals surface area contributed by atoms with Crippen LogP contribution in [0.2, 0.25) is 12.1 Å². The molecule has 0 saturated carbocycles. The van der Waals surface area contributed by atoms with Crippen molar-refractivity contribution >= 4 is 15.4 Å². The smallest absolute Gasteiger partial charge is 0.214 e. The van der Waals surface area contributed by atoms with Crippen LogP contribution in [0.1, 0.15) is 26.2 Å². The van der Waals surface area contributed by atoms with Gasteiger partial charge in [-0.25, -0.2) is 0 Å². The summed E-state index contributed by atoms with van der Waals surface area (Å²) in [5, 5.41) is 0. The molecule has 0 atom stereocenters. The molecule has 1 amide bonds. The Balaban J connectivity index is 2.84. The number of carbonyl (C=O) groups is 1. The van der Waals surface area contributed by atoms with E-state index in [-0.39, 0.29) is 15.4 Å². The standard InChI is InChI=1S/C7H17NOSi/c1-2-3-4-5-10-6-7(8)9/h2-6,10H2,1H3,(H2,8,9). The minimum Gasteiger partial charge on any atom is -0.370 e. The van der Waals surface area contributed by atoms with E-state index in [1.807, 2.05) is 0 Å². The molecule has 0 aliphatic rings. The van der Waals surface area contributed by atoms with Crippen molar-refractivity contribution in [2.75, 3.05) is 0 Å². The maximum absolute atomic E-state index is 10.3. The fourth-order valence-electron chi connectivity index (χ4n) is 0.903. The van der Waals surface area contributed by atoms with E-state index >= 15 is 0 Å². The highest BCUT2D eigenvalue weighted by Crippen LogP contribution is 1.99. The fourth-order valence-corrected chi connectivity index (χ4v) is 2.21. The van der Waals surface area contributed by atoms with Crippen LogP contribution in [-0.2, 0) is 4.79 Å². The average molecular weight is 159 g/mol. The molecule has 3 heteroatoms. The Morgan fingerprint density at radius 3 is 2.70 bits per heavy atom. The van der Waals surface area contributed by atoms with Crippen molar-refractivity contribution in [2.24, 2.45) is 5.73 Å². The van der Waals surface area contributed by atoms with Crippen LogP contribution in [0.4, 0.5) is 0 Å². The molecule has 0 rings (SSSR count). The van der Waals surface area contributed by atoms with Crippen molar-refractivity contribution in [1.82, 2.24) is 0 Å². The van der Waals surface area contributed by atoms with Crippen LogP contribution in [0.15, 0.2) is 0 Å². The van der Waals surface area contributed by atoms with Crippen LogP contribution < -0.4 is 5.73 Å². The maximum Gasteiger partial charge on any atom is 0.214 e. The quantitative estimate of drug-likeness (QED) is 0.449. The summed E-state index contributed by atoms with van der Waals surface area (Å²) in [5.41, 5.74) is 5.00. The molecule has 0 aromatic heterocycles. The molecular weight excluding hydrogens is 142 g/mol. The van der Waals surface area contributed by atoms with E-state index in [2.05, 4.69) is 6.92 Å². The Morgan fingerprint density at radius 2 is 2.20 bits per heavy atom. The average Bonchev–Trinajstić information content (AvgIpc) is 1.87. The van der Waals surface area contributed by atoms with Crippen molar-refractivity contribution in [1.29, 1.82) is 0 Å². The molecular formula is C7H17NOSi. The molecule has 0 unspecified atom stereocenters. The Bertz CT molecular complexity index is 95.6. The van der Waals surface area contributed by atoms with Crippen LogP contribution in [0.3, 0.4) is 0 Å². The van der Waals surface area contributed by atoms with Gasteiger partial charge in [0, 0.05) is 15.6 Å². The largest absolute Gasteiger partial charge is 0.370 e. The van der Waals surface area contributed by atoms with Gasteiger partial charge in [-0.05, 0) is 0 Å². The third-order valence-electron chi connectivity index (χ3n) is 1.53. The Hall–Kier alpha value is -0.313. The number of amides is 1. The lowest BCUT2D eigenvalue weighted by molar-refractivity contribution is -0.115. The van der Waals surface area contributed by atoms with Crippen LogP contribution in [0, 0.1) is 0 Å². The summed E-state index contributed by atoms with van der Waals surface area (Å²) < 4.78 is 0. The zero-order valence-electron chi connectivity index (χ0n) is 6.73. The number of carbonyl (C=O) groups excluding carboxylic acids is 1. The fraction of sp³-hybridized carbons (Fsp3) is 0.857. The number of hydrogen-bond donors (Lipinski definition) is 1. The summed E-state index contributed by atoms with van der Waals surface area (Å²) >= 11 is 0. The van der Waals surface area contributed by atoms with E-state index < -0.39 is 0 Å². The van der Waals surface area contributed by atoms with Gasteiger partial charge in [0.25, 0.3) is 0 Å². The molecule has 0 aliphatic heterocycles. The Labute approximate surface area is 65.0 Å². The predicted molar refractivity (Wildman–Crippen MR) is 46.9 cm³/mol. The first-order valence-corrected chi connectivity index (χ1v) is 6.05. The molecule has 2 nitrogen and oxygen atoms in total. The number of hydrogen-bond acceptors (Lipinski definition) is 1. The van der Waals surface area contributed by atoms with Crippen molar-refractivity contribution in [3.63, 3.8) is 0 Å². The number of unbranched alkanes of at least 4 members (excludes halogenated alkanes) is 2. The molecule has 0 aliphatic carbocycles.